The Balaban J connectivity index is 1.45. The first-order chi connectivity index (χ1) is 19.4. The molecular formula is C31H23N3O5S. The Morgan fingerprint density at radius 1 is 1.05 bits per heavy atom. The van der Waals surface area contributed by atoms with Crippen molar-refractivity contribution in [2.45, 2.75) is 13.8 Å². The molecular weight excluding hydrogens is 526 g/mol. The van der Waals surface area contributed by atoms with Gasteiger partial charge >= 0.3 is 5.97 Å². The molecule has 1 N–H and O–H groups in total. The lowest BCUT2D eigenvalue weighted by atomic mass is 10.1. The van der Waals surface area contributed by atoms with Crippen molar-refractivity contribution in [3.63, 3.8) is 0 Å². The summed E-state index contributed by atoms with van der Waals surface area (Å²) in [6, 6.07) is 23.6. The summed E-state index contributed by atoms with van der Waals surface area (Å²) in [5.74, 6) is 0.392. The highest BCUT2D eigenvalue weighted by Crippen LogP contribution is 2.37. The number of amides is 1. The summed E-state index contributed by atoms with van der Waals surface area (Å²) in [4.78, 5) is 29.4. The maximum Gasteiger partial charge on any atom is 0.338 e. The molecule has 5 rings (SSSR count). The number of aromatic nitrogens is 1. The number of carbonyl (C=O) groups is 2. The molecule has 5 aromatic rings. The second-order valence-electron chi connectivity index (χ2n) is 8.66. The zero-order valence-corrected chi connectivity index (χ0v) is 22.5. The number of esters is 1. The fraction of sp³-hybridized carbons (Fsp3) is 0.0968. The van der Waals surface area contributed by atoms with E-state index in [-0.39, 0.29) is 17.3 Å². The average Bonchev–Trinajstić information content (AvgIpc) is 3.74. The number of allylic oxidation sites excluding steroid dienone is 1. The summed E-state index contributed by atoms with van der Waals surface area (Å²) in [5.41, 5.74) is 3.92. The Hall–Kier alpha value is -5.20. The number of nitriles is 1. The van der Waals surface area contributed by atoms with Crippen LogP contribution in [0.3, 0.4) is 0 Å². The van der Waals surface area contributed by atoms with Crippen LogP contribution in [0.1, 0.15) is 44.2 Å². The van der Waals surface area contributed by atoms with Crippen molar-refractivity contribution in [1.82, 2.24) is 4.98 Å². The van der Waals surface area contributed by atoms with Crippen LogP contribution in [0, 0.1) is 18.3 Å². The Morgan fingerprint density at radius 2 is 1.80 bits per heavy atom. The molecule has 3 heterocycles. The average molecular weight is 550 g/mol. The maximum absolute atomic E-state index is 12.7. The van der Waals surface area contributed by atoms with E-state index in [0.29, 0.717) is 39.4 Å². The van der Waals surface area contributed by atoms with Gasteiger partial charge in [-0.1, -0.05) is 53.3 Å². The molecule has 3 aromatic heterocycles. The molecule has 8 nitrogen and oxygen atoms in total. The third-order valence-electron chi connectivity index (χ3n) is 5.87. The quantitative estimate of drug-likeness (QED) is 0.158. The largest absolute Gasteiger partial charge is 0.462 e. The number of hydrogen-bond acceptors (Lipinski definition) is 8. The lowest BCUT2D eigenvalue weighted by molar-refractivity contribution is 0.0526. The molecule has 0 fully saturated rings. The zero-order valence-electron chi connectivity index (χ0n) is 21.6. The third kappa shape index (κ3) is 5.77. The molecule has 0 saturated carbocycles. The van der Waals surface area contributed by atoms with Crippen LogP contribution in [-0.2, 0) is 4.74 Å². The predicted molar refractivity (Wildman–Crippen MR) is 153 cm³/mol. The highest BCUT2D eigenvalue weighted by molar-refractivity contribution is 7.17. The van der Waals surface area contributed by atoms with Gasteiger partial charge in [-0.3, -0.25) is 4.79 Å². The number of aryl methyl sites for hydroxylation is 1. The molecule has 0 saturated heterocycles. The molecule has 0 spiro atoms. The van der Waals surface area contributed by atoms with Gasteiger partial charge in [0, 0.05) is 17.2 Å². The van der Waals surface area contributed by atoms with Crippen LogP contribution in [0.2, 0.25) is 0 Å². The van der Waals surface area contributed by atoms with Gasteiger partial charge in [-0.05, 0) is 50.2 Å². The Labute approximate surface area is 234 Å². The van der Waals surface area contributed by atoms with Crippen molar-refractivity contribution in [3.05, 3.63) is 107 Å². The van der Waals surface area contributed by atoms with Gasteiger partial charge in [-0.2, -0.15) is 5.26 Å². The number of furan rings is 2. The molecule has 198 valence electrons. The first-order valence-corrected chi connectivity index (χ1v) is 13.2. The first-order valence-electron chi connectivity index (χ1n) is 12.4. The van der Waals surface area contributed by atoms with Crippen LogP contribution in [0.4, 0.5) is 5.00 Å². The highest BCUT2D eigenvalue weighted by Gasteiger charge is 2.20. The van der Waals surface area contributed by atoms with Crippen LogP contribution in [-0.4, -0.2) is 23.5 Å². The molecule has 40 heavy (non-hydrogen) atoms. The number of rotatable bonds is 8. The standard InChI is InChI=1S/C31H23N3O5S/c1-3-37-31(36)22-12-10-20(11-13-22)25-15-14-24(39-25)17-23(18-32)29-33-27(21-8-6-19(2)7-9-21)30(40-29)34-28(35)26-5-4-16-38-26/h4-17H,3H2,1-2H3,(H,34,35)/b23-17+. The van der Waals surface area contributed by atoms with E-state index in [1.54, 1.807) is 61.5 Å². The van der Waals surface area contributed by atoms with Crippen molar-refractivity contribution >= 4 is 39.9 Å². The summed E-state index contributed by atoms with van der Waals surface area (Å²) >= 11 is 1.19. The smallest absolute Gasteiger partial charge is 0.338 e. The lowest BCUT2D eigenvalue weighted by Crippen LogP contribution is -2.10. The monoisotopic (exact) mass is 549 g/mol. The fourth-order valence-electron chi connectivity index (χ4n) is 3.85. The molecule has 0 unspecified atom stereocenters. The van der Waals surface area contributed by atoms with E-state index in [4.69, 9.17) is 18.6 Å². The van der Waals surface area contributed by atoms with Gasteiger partial charge in [0.2, 0.25) is 0 Å². The number of hydrogen-bond donors (Lipinski definition) is 1. The SMILES string of the molecule is CCOC(=O)c1ccc(-c2ccc(/C=C(\C#N)c3nc(-c4ccc(C)cc4)c(NC(=O)c4ccco4)s3)o2)cc1. The van der Waals surface area contributed by atoms with Gasteiger partial charge in [0.1, 0.15) is 33.3 Å². The van der Waals surface area contributed by atoms with Gasteiger partial charge in [0.05, 0.1) is 24.0 Å². The van der Waals surface area contributed by atoms with Gasteiger partial charge in [-0.25, -0.2) is 9.78 Å². The number of ether oxygens (including phenoxy) is 1. The summed E-state index contributed by atoms with van der Waals surface area (Å²) in [6.45, 7) is 4.05. The Morgan fingerprint density at radius 3 is 2.48 bits per heavy atom. The number of anilines is 1. The van der Waals surface area contributed by atoms with Crippen molar-refractivity contribution in [3.8, 4) is 28.7 Å². The molecule has 2 aromatic carbocycles. The van der Waals surface area contributed by atoms with Gasteiger partial charge in [0.25, 0.3) is 5.91 Å². The summed E-state index contributed by atoms with van der Waals surface area (Å²) in [5, 5.41) is 13.8. The molecule has 0 aliphatic heterocycles. The molecule has 0 aliphatic carbocycles. The van der Waals surface area contributed by atoms with E-state index in [1.807, 2.05) is 31.2 Å². The van der Waals surface area contributed by atoms with Crippen LogP contribution < -0.4 is 5.32 Å². The summed E-state index contributed by atoms with van der Waals surface area (Å²) in [6.07, 6.45) is 3.03. The number of thiazole rings is 1. The van der Waals surface area contributed by atoms with E-state index >= 15 is 0 Å². The van der Waals surface area contributed by atoms with E-state index in [2.05, 4.69) is 11.4 Å². The van der Waals surface area contributed by atoms with E-state index in [9.17, 15) is 14.9 Å². The highest BCUT2D eigenvalue weighted by atomic mass is 32.1. The molecule has 0 aliphatic rings. The fourth-order valence-corrected chi connectivity index (χ4v) is 4.80. The normalized spacial score (nSPS) is 11.2. The van der Waals surface area contributed by atoms with Gasteiger partial charge in [0.15, 0.2) is 5.76 Å². The van der Waals surface area contributed by atoms with Crippen molar-refractivity contribution in [2.75, 3.05) is 11.9 Å². The minimum absolute atomic E-state index is 0.166. The molecule has 0 bridgehead atoms. The van der Waals surface area contributed by atoms with Crippen molar-refractivity contribution < 1.29 is 23.2 Å². The summed E-state index contributed by atoms with van der Waals surface area (Å²) < 4.78 is 16.2. The number of carbonyl (C=O) groups excluding carboxylic acids is 2. The minimum atomic E-state index is -0.416. The number of nitrogens with zero attached hydrogens (tertiary/aromatic N) is 2. The second kappa shape index (κ2) is 11.7. The van der Waals surface area contributed by atoms with Crippen LogP contribution >= 0.6 is 11.3 Å². The first kappa shape index (κ1) is 26.4. The summed E-state index contributed by atoms with van der Waals surface area (Å²) in [7, 11) is 0. The molecule has 0 radical (unpaired) electrons. The van der Waals surface area contributed by atoms with E-state index in [0.717, 1.165) is 16.7 Å². The van der Waals surface area contributed by atoms with E-state index < -0.39 is 5.91 Å². The Bertz CT molecular complexity index is 1720. The second-order valence-corrected chi connectivity index (χ2v) is 9.66. The topological polar surface area (TPSA) is 118 Å². The zero-order chi connectivity index (χ0) is 28.1. The van der Waals surface area contributed by atoms with Crippen LogP contribution in [0.5, 0.6) is 0 Å². The minimum Gasteiger partial charge on any atom is -0.462 e. The van der Waals surface area contributed by atoms with Gasteiger partial charge < -0.3 is 18.9 Å². The number of nitrogens with one attached hydrogen (secondary N) is 1. The van der Waals surface area contributed by atoms with Crippen LogP contribution in [0.15, 0.2) is 87.9 Å². The molecule has 9 heteroatoms. The third-order valence-corrected chi connectivity index (χ3v) is 6.87. The van der Waals surface area contributed by atoms with Crippen molar-refractivity contribution in [2.24, 2.45) is 0 Å². The molecule has 1 amide bonds. The van der Waals surface area contributed by atoms with Crippen LogP contribution in [0.25, 0.3) is 34.2 Å². The van der Waals surface area contributed by atoms with E-state index in [1.165, 1.54) is 17.6 Å². The number of benzene rings is 2. The van der Waals surface area contributed by atoms with Crippen molar-refractivity contribution in [1.29, 1.82) is 5.26 Å². The predicted octanol–water partition coefficient (Wildman–Crippen LogP) is 7.46. The molecule has 0 atom stereocenters. The Kier molecular flexibility index (Phi) is 7.71. The van der Waals surface area contributed by atoms with Gasteiger partial charge in [-0.15, -0.1) is 0 Å². The maximum atomic E-state index is 12.7. The lowest BCUT2D eigenvalue weighted by Gasteiger charge is -2.04.